The van der Waals surface area contributed by atoms with Crippen molar-refractivity contribution in [2.75, 3.05) is 38.5 Å². The topological polar surface area (TPSA) is 44.4 Å². The normalized spacial score (nSPS) is 19.2. The molecular formula is C14H19Cl2N3O. The van der Waals surface area contributed by atoms with Crippen LogP contribution in [0.25, 0.3) is 0 Å². The minimum absolute atomic E-state index is 0.0199. The van der Waals surface area contributed by atoms with Crippen molar-refractivity contribution in [1.82, 2.24) is 10.2 Å². The Morgan fingerprint density at radius 2 is 2.20 bits per heavy atom. The number of hydrogen-bond acceptors (Lipinski definition) is 3. The smallest absolute Gasteiger partial charge is 0.238 e. The van der Waals surface area contributed by atoms with Crippen molar-refractivity contribution in [3.63, 3.8) is 0 Å². The highest BCUT2D eigenvalue weighted by Gasteiger charge is 2.23. The largest absolute Gasteiger partial charge is 0.325 e. The highest BCUT2D eigenvalue weighted by molar-refractivity contribution is 6.42. The number of likely N-dealkylation sites (tertiary alicyclic amines) is 1. The summed E-state index contributed by atoms with van der Waals surface area (Å²) in [5.74, 6) is 0.617. The van der Waals surface area contributed by atoms with Gasteiger partial charge in [-0.05, 0) is 50.7 Å². The number of carbonyl (C=O) groups is 1. The lowest BCUT2D eigenvalue weighted by molar-refractivity contribution is -0.117. The molecule has 1 aromatic carbocycles. The van der Waals surface area contributed by atoms with Crippen LogP contribution in [0.15, 0.2) is 18.2 Å². The fraction of sp³-hybridized carbons (Fsp3) is 0.500. The van der Waals surface area contributed by atoms with Crippen LogP contribution in [0.3, 0.4) is 0 Å². The van der Waals surface area contributed by atoms with Crippen LogP contribution in [0.2, 0.25) is 10.0 Å². The summed E-state index contributed by atoms with van der Waals surface area (Å²) >= 11 is 11.8. The quantitative estimate of drug-likeness (QED) is 0.877. The van der Waals surface area contributed by atoms with E-state index in [1.165, 1.54) is 0 Å². The van der Waals surface area contributed by atoms with Gasteiger partial charge in [-0.2, -0.15) is 0 Å². The van der Waals surface area contributed by atoms with E-state index < -0.39 is 0 Å². The molecule has 0 bridgehead atoms. The van der Waals surface area contributed by atoms with E-state index in [4.69, 9.17) is 23.2 Å². The molecule has 110 valence electrons. The lowest BCUT2D eigenvalue weighted by atomic mass is 10.1. The second-order valence-electron chi connectivity index (χ2n) is 5.12. The maximum absolute atomic E-state index is 12.0. The van der Waals surface area contributed by atoms with Crippen LogP contribution in [-0.4, -0.2) is 44.0 Å². The third-order valence-corrected chi connectivity index (χ3v) is 4.17. The number of halogens is 2. The third-order valence-electron chi connectivity index (χ3n) is 3.43. The average molecular weight is 316 g/mol. The van der Waals surface area contributed by atoms with Crippen LogP contribution in [0, 0.1) is 5.92 Å². The molecule has 0 spiro atoms. The summed E-state index contributed by atoms with van der Waals surface area (Å²) in [6, 6.07) is 5.09. The van der Waals surface area contributed by atoms with Gasteiger partial charge in [-0.15, -0.1) is 0 Å². The van der Waals surface area contributed by atoms with Gasteiger partial charge in [0.1, 0.15) is 0 Å². The van der Waals surface area contributed by atoms with Crippen molar-refractivity contribution >= 4 is 34.8 Å². The van der Waals surface area contributed by atoms with Crippen molar-refractivity contribution in [2.24, 2.45) is 5.92 Å². The summed E-state index contributed by atoms with van der Waals surface area (Å²) in [4.78, 5) is 14.2. The van der Waals surface area contributed by atoms with E-state index in [1.54, 1.807) is 18.2 Å². The zero-order valence-corrected chi connectivity index (χ0v) is 13.0. The first-order valence-electron chi connectivity index (χ1n) is 6.70. The van der Waals surface area contributed by atoms with Crippen LogP contribution in [0.1, 0.15) is 6.42 Å². The van der Waals surface area contributed by atoms with E-state index in [1.807, 2.05) is 7.05 Å². The number of nitrogens with one attached hydrogen (secondary N) is 2. The molecule has 1 aliphatic rings. The highest BCUT2D eigenvalue weighted by atomic mass is 35.5. The molecule has 6 heteroatoms. The minimum Gasteiger partial charge on any atom is -0.325 e. The molecule has 0 radical (unpaired) electrons. The van der Waals surface area contributed by atoms with E-state index in [0.29, 0.717) is 28.2 Å². The number of nitrogens with zero attached hydrogens (tertiary/aromatic N) is 1. The summed E-state index contributed by atoms with van der Waals surface area (Å²) in [5, 5.41) is 6.95. The first-order chi connectivity index (χ1) is 9.58. The van der Waals surface area contributed by atoms with Gasteiger partial charge >= 0.3 is 0 Å². The molecule has 1 atom stereocenters. The molecule has 0 aliphatic carbocycles. The lowest BCUT2D eigenvalue weighted by Crippen LogP contribution is -2.32. The molecule has 0 aromatic heterocycles. The van der Waals surface area contributed by atoms with Gasteiger partial charge in [0.2, 0.25) is 5.91 Å². The first kappa shape index (κ1) is 15.6. The van der Waals surface area contributed by atoms with E-state index >= 15 is 0 Å². The lowest BCUT2D eigenvalue weighted by Gasteiger charge is -2.15. The number of benzene rings is 1. The predicted molar refractivity (Wildman–Crippen MR) is 83.6 cm³/mol. The molecule has 1 fully saturated rings. The average Bonchev–Trinajstić information content (AvgIpc) is 2.81. The van der Waals surface area contributed by atoms with Crippen LogP contribution in [0.4, 0.5) is 5.69 Å². The minimum atomic E-state index is -0.0199. The summed E-state index contributed by atoms with van der Waals surface area (Å²) in [5.41, 5.74) is 0.676. The summed E-state index contributed by atoms with van der Waals surface area (Å²) in [6.07, 6.45) is 1.14. The van der Waals surface area contributed by atoms with Crippen LogP contribution in [0.5, 0.6) is 0 Å². The fourth-order valence-corrected chi connectivity index (χ4v) is 2.79. The summed E-state index contributed by atoms with van der Waals surface area (Å²) in [7, 11) is 1.96. The SMILES string of the molecule is CNCC1CCN(CC(=O)Nc2ccc(Cl)c(Cl)c2)C1. The Hall–Kier alpha value is -0.810. The van der Waals surface area contributed by atoms with Crippen LogP contribution >= 0.6 is 23.2 Å². The third kappa shape index (κ3) is 4.35. The molecule has 1 saturated heterocycles. The maximum Gasteiger partial charge on any atom is 0.238 e. The molecule has 0 saturated carbocycles. The Kier molecular flexibility index (Phi) is 5.66. The number of rotatable bonds is 5. The van der Waals surface area contributed by atoms with Crippen molar-refractivity contribution < 1.29 is 4.79 Å². The second-order valence-corrected chi connectivity index (χ2v) is 5.94. The zero-order chi connectivity index (χ0) is 14.5. The fourth-order valence-electron chi connectivity index (χ4n) is 2.49. The van der Waals surface area contributed by atoms with E-state index in [-0.39, 0.29) is 5.91 Å². The molecule has 1 heterocycles. The highest BCUT2D eigenvalue weighted by Crippen LogP contribution is 2.25. The van der Waals surface area contributed by atoms with Gasteiger partial charge in [-0.1, -0.05) is 23.2 Å². The number of anilines is 1. The van der Waals surface area contributed by atoms with Crippen molar-refractivity contribution in [3.05, 3.63) is 28.2 Å². The van der Waals surface area contributed by atoms with Gasteiger partial charge in [0, 0.05) is 12.2 Å². The number of amides is 1. The summed E-state index contributed by atoms with van der Waals surface area (Å²) in [6.45, 7) is 3.36. The number of hydrogen-bond donors (Lipinski definition) is 2. The molecule has 1 aromatic rings. The van der Waals surface area contributed by atoms with Gasteiger partial charge in [0.15, 0.2) is 0 Å². The van der Waals surface area contributed by atoms with Gasteiger partial charge in [0.05, 0.1) is 16.6 Å². The zero-order valence-electron chi connectivity index (χ0n) is 11.5. The predicted octanol–water partition coefficient (Wildman–Crippen LogP) is 2.47. The van der Waals surface area contributed by atoms with Crippen LogP contribution in [-0.2, 0) is 4.79 Å². The van der Waals surface area contributed by atoms with Gasteiger partial charge in [0.25, 0.3) is 0 Å². The molecule has 2 N–H and O–H groups in total. The molecule has 1 unspecified atom stereocenters. The van der Waals surface area contributed by atoms with Gasteiger partial charge in [-0.3, -0.25) is 9.69 Å². The van der Waals surface area contributed by atoms with Crippen molar-refractivity contribution in [1.29, 1.82) is 0 Å². The first-order valence-corrected chi connectivity index (χ1v) is 7.46. The van der Waals surface area contributed by atoms with E-state index in [9.17, 15) is 4.79 Å². The molecule has 1 amide bonds. The summed E-state index contributed by atoms with van der Waals surface area (Å²) < 4.78 is 0. The standard InChI is InChI=1S/C14H19Cl2N3O/c1-17-7-10-4-5-19(8-10)9-14(20)18-11-2-3-12(15)13(16)6-11/h2-3,6,10,17H,4-5,7-9H2,1H3,(H,18,20). The Labute approximate surface area is 129 Å². The number of carbonyl (C=O) groups excluding carboxylic acids is 1. The van der Waals surface area contributed by atoms with Gasteiger partial charge in [-0.25, -0.2) is 0 Å². The Morgan fingerprint density at radius 3 is 2.90 bits per heavy atom. The molecule has 1 aliphatic heterocycles. The van der Waals surface area contributed by atoms with E-state index in [0.717, 1.165) is 26.1 Å². The maximum atomic E-state index is 12.0. The Balaban J connectivity index is 1.82. The van der Waals surface area contributed by atoms with E-state index in [2.05, 4.69) is 15.5 Å². The Morgan fingerprint density at radius 1 is 1.40 bits per heavy atom. The van der Waals surface area contributed by atoms with Crippen molar-refractivity contribution in [2.45, 2.75) is 6.42 Å². The molecule has 4 nitrogen and oxygen atoms in total. The van der Waals surface area contributed by atoms with Gasteiger partial charge < -0.3 is 10.6 Å². The van der Waals surface area contributed by atoms with Crippen LogP contribution < -0.4 is 10.6 Å². The monoisotopic (exact) mass is 315 g/mol. The second kappa shape index (κ2) is 7.27. The molecule has 20 heavy (non-hydrogen) atoms. The van der Waals surface area contributed by atoms with Crippen molar-refractivity contribution in [3.8, 4) is 0 Å². The molecule has 2 rings (SSSR count). The Bertz CT molecular complexity index is 481. The molecular weight excluding hydrogens is 297 g/mol.